The molecule has 1 aromatic carbocycles. The van der Waals surface area contributed by atoms with Crippen LogP contribution in [-0.4, -0.2) is 18.5 Å². The summed E-state index contributed by atoms with van der Waals surface area (Å²) in [5.74, 6) is 3.55. The molecule has 7 atom stereocenters. The highest BCUT2D eigenvalue weighted by Gasteiger charge is 2.67. The van der Waals surface area contributed by atoms with Crippen molar-refractivity contribution in [2.24, 2.45) is 40.9 Å². The normalized spacial score (nSPS) is 41.3. The lowest BCUT2D eigenvalue weighted by atomic mass is 9.63. The molecule has 0 saturated heterocycles. The second-order valence-corrected chi connectivity index (χ2v) is 8.69. The maximum absolute atomic E-state index is 12.9. The van der Waals surface area contributed by atoms with Crippen LogP contribution in [0.3, 0.4) is 0 Å². The van der Waals surface area contributed by atoms with Crippen LogP contribution in [0.1, 0.15) is 26.2 Å². The van der Waals surface area contributed by atoms with Crippen LogP contribution in [0.2, 0.25) is 0 Å². The van der Waals surface area contributed by atoms with E-state index in [-0.39, 0.29) is 12.6 Å². The second-order valence-electron chi connectivity index (χ2n) is 8.69. The Balaban J connectivity index is 1.22. The molecule has 4 heteroatoms. The number of hydrogen-bond donors (Lipinski definition) is 0. The first-order valence-electron chi connectivity index (χ1n) is 9.67. The summed E-state index contributed by atoms with van der Waals surface area (Å²) in [6, 6.07) is 8.86. The third kappa shape index (κ3) is 2.27. The van der Waals surface area contributed by atoms with E-state index < -0.39 is 11.4 Å². The van der Waals surface area contributed by atoms with Crippen molar-refractivity contribution in [3.05, 3.63) is 42.5 Å². The van der Waals surface area contributed by atoms with Crippen molar-refractivity contribution < 1.29 is 19.1 Å². The quantitative estimate of drug-likeness (QED) is 0.359. The first-order valence-corrected chi connectivity index (χ1v) is 9.67. The minimum atomic E-state index is -0.531. The fraction of sp³-hybridized carbons (Fsp3) is 0.545. The third-order valence-corrected chi connectivity index (χ3v) is 7.42. The van der Waals surface area contributed by atoms with E-state index in [9.17, 15) is 9.59 Å². The zero-order valence-electron chi connectivity index (χ0n) is 15.0. The molecule has 4 nitrogen and oxygen atoms in total. The van der Waals surface area contributed by atoms with E-state index in [4.69, 9.17) is 9.47 Å². The summed E-state index contributed by atoms with van der Waals surface area (Å²) in [5, 5.41) is 0. The van der Waals surface area contributed by atoms with Crippen molar-refractivity contribution in [2.45, 2.75) is 26.2 Å². The lowest BCUT2D eigenvalue weighted by molar-refractivity contribution is -0.166. The summed E-state index contributed by atoms with van der Waals surface area (Å²) >= 11 is 0. The van der Waals surface area contributed by atoms with E-state index in [1.54, 1.807) is 24.3 Å². The molecule has 0 heterocycles. The van der Waals surface area contributed by atoms with E-state index in [0.717, 1.165) is 24.7 Å². The molecule has 26 heavy (non-hydrogen) atoms. The monoisotopic (exact) mass is 352 g/mol. The summed E-state index contributed by atoms with van der Waals surface area (Å²) in [5.41, 5.74) is -0.447. The molecule has 1 aromatic rings. The van der Waals surface area contributed by atoms with Gasteiger partial charge < -0.3 is 9.47 Å². The average molecular weight is 352 g/mol. The number of fused-ring (bicyclic) bond motifs is 9. The fourth-order valence-corrected chi connectivity index (χ4v) is 6.54. The van der Waals surface area contributed by atoms with Crippen LogP contribution in [0.15, 0.2) is 42.5 Å². The molecule has 3 fully saturated rings. The third-order valence-electron chi connectivity index (χ3n) is 7.42. The van der Waals surface area contributed by atoms with Gasteiger partial charge in [0.25, 0.3) is 0 Å². The number of allylic oxidation sites excluding steroid dienone is 2. The Hall–Kier alpha value is -2.10. The second kappa shape index (κ2) is 5.70. The van der Waals surface area contributed by atoms with Gasteiger partial charge in [0.05, 0.1) is 5.41 Å². The Kier molecular flexibility index (Phi) is 3.53. The van der Waals surface area contributed by atoms with E-state index >= 15 is 0 Å². The predicted octanol–water partition coefficient (Wildman–Crippen LogP) is 3.62. The Morgan fingerprint density at radius 3 is 2.58 bits per heavy atom. The van der Waals surface area contributed by atoms with Gasteiger partial charge >= 0.3 is 11.9 Å². The van der Waals surface area contributed by atoms with Gasteiger partial charge in [-0.05, 0) is 73.8 Å². The molecule has 4 aliphatic rings. The Bertz CT molecular complexity index is 770. The number of hydrogen-bond acceptors (Lipinski definition) is 4. The average Bonchev–Trinajstić information content (AvgIpc) is 3.39. The maximum Gasteiger partial charge on any atom is 0.349 e. The van der Waals surface area contributed by atoms with Crippen molar-refractivity contribution in [2.75, 3.05) is 6.61 Å². The standard InChI is InChI=1S/C22H24O4/c1-22(21(24)25-12-18(23)26-16-5-3-2-4-6-16)11-15-10-17(22)20-14-8-7-13(9-14)19(15)20/h2-8,13-15,17,19-20H,9-12H2,1H3. The molecule has 136 valence electrons. The molecule has 5 rings (SSSR count). The first kappa shape index (κ1) is 16.1. The molecule has 0 spiro atoms. The van der Waals surface area contributed by atoms with Gasteiger partial charge in [-0.2, -0.15) is 0 Å². The van der Waals surface area contributed by atoms with Crippen LogP contribution < -0.4 is 4.74 Å². The number of carbonyl (C=O) groups is 2. The van der Waals surface area contributed by atoms with Crippen molar-refractivity contribution in [1.82, 2.24) is 0 Å². The van der Waals surface area contributed by atoms with Crippen LogP contribution >= 0.6 is 0 Å². The summed E-state index contributed by atoms with van der Waals surface area (Å²) in [4.78, 5) is 24.8. The molecule has 7 unspecified atom stereocenters. The summed E-state index contributed by atoms with van der Waals surface area (Å²) in [6.07, 6.45) is 8.10. The van der Waals surface area contributed by atoms with Crippen molar-refractivity contribution in [3.63, 3.8) is 0 Å². The Labute approximate surface area is 153 Å². The molecule has 0 N–H and O–H groups in total. The van der Waals surface area contributed by atoms with Gasteiger partial charge in [-0.25, -0.2) is 4.79 Å². The van der Waals surface area contributed by atoms with Crippen molar-refractivity contribution >= 4 is 11.9 Å². The minimum Gasteiger partial charge on any atom is -0.453 e. The van der Waals surface area contributed by atoms with Crippen molar-refractivity contribution in [3.8, 4) is 5.75 Å². The first-order chi connectivity index (χ1) is 12.6. The van der Waals surface area contributed by atoms with E-state index in [2.05, 4.69) is 19.1 Å². The van der Waals surface area contributed by atoms with Gasteiger partial charge in [0.15, 0.2) is 6.61 Å². The molecular formula is C22H24O4. The Morgan fingerprint density at radius 2 is 1.81 bits per heavy atom. The summed E-state index contributed by atoms with van der Waals surface area (Å²) in [7, 11) is 0. The highest BCUT2D eigenvalue weighted by Crippen LogP contribution is 2.70. The zero-order valence-corrected chi connectivity index (χ0v) is 15.0. The fourth-order valence-electron chi connectivity index (χ4n) is 6.54. The van der Waals surface area contributed by atoms with E-state index in [0.29, 0.717) is 29.4 Å². The molecule has 4 aliphatic carbocycles. The van der Waals surface area contributed by atoms with Gasteiger partial charge in [0.2, 0.25) is 0 Å². The van der Waals surface area contributed by atoms with E-state index in [1.807, 2.05) is 6.07 Å². The lowest BCUT2D eigenvalue weighted by Gasteiger charge is -2.41. The summed E-state index contributed by atoms with van der Waals surface area (Å²) < 4.78 is 10.6. The van der Waals surface area contributed by atoms with Gasteiger partial charge in [-0.3, -0.25) is 4.79 Å². The van der Waals surface area contributed by atoms with Gasteiger partial charge in [-0.15, -0.1) is 0 Å². The number of rotatable bonds is 4. The van der Waals surface area contributed by atoms with Crippen LogP contribution in [0.4, 0.5) is 0 Å². The van der Waals surface area contributed by atoms with Gasteiger partial charge in [0, 0.05) is 0 Å². The highest BCUT2D eigenvalue weighted by atomic mass is 16.6. The van der Waals surface area contributed by atoms with E-state index in [1.165, 1.54) is 6.42 Å². The smallest absolute Gasteiger partial charge is 0.349 e. The molecule has 4 bridgehead atoms. The SMILES string of the molecule is CC1(C(=O)OCC(=O)Oc2ccccc2)CC2CC1C1C3C=CC(C3)C21. The predicted molar refractivity (Wildman–Crippen MR) is 95.1 cm³/mol. The highest BCUT2D eigenvalue weighted by molar-refractivity contribution is 5.81. The van der Waals surface area contributed by atoms with Crippen LogP contribution in [0.25, 0.3) is 0 Å². The molecule has 0 aromatic heterocycles. The van der Waals surface area contributed by atoms with Gasteiger partial charge in [-0.1, -0.05) is 30.4 Å². The Morgan fingerprint density at radius 1 is 1.08 bits per heavy atom. The number of carbonyl (C=O) groups excluding carboxylic acids is 2. The minimum absolute atomic E-state index is 0.222. The molecular weight excluding hydrogens is 328 g/mol. The topological polar surface area (TPSA) is 52.6 Å². The zero-order chi connectivity index (χ0) is 17.9. The maximum atomic E-state index is 12.9. The number of ether oxygens (including phenoxy) is 2. The van der Waals surface area contributed by atoms with Gasteiger partial charge in [0.1, 0.15) is 5.75 Å². The molecule has 0 amide bonds. The number of benzene rings is 1. The van der Waals surface area contributed by atoms with Crippen LogP contribution in [-0.2, 0) is 14.3 Å². The van der Waals surface area contributed by atoms with Crippen LogP contribution in [0.5, 0.6) is 5.75 Å². The number of esters is 2. The van der Waals surface area contributed by atoms with Crippen LogP contribution in [0, 0.1) is 40.9 Å². The molecule has 3 saturated carbocycles. The summed E-state index contributed by atoms with van der Waals surface area (Å²) in [6.45, 7) is 1.73. The largest absolute Gasteiger partial charge is 0.453 e. The molecule has 0 radical (unpaired) electrons. The van der Waals surface area contributed by atoms with Crippen molar-refractivity contribution in [1.29, 1.82) is 0 Å². The number of para-hydroxylation sites is 1. The molecule has 0 aliphatic heterocycles. The lowest BCUT2D eigenvalue weighted by Crippen LogP contribution is -2.43.